The van der Waals surface area contributed by atoms with Gasteiger partial charge in [0, 0.05) is 31.0 Å². The molecule has 2 aromatic carbocycles. The molecule has 0 aliphatic rings. The van der Waals surface area contributed by atoms with Crippen molar-refractivity contribution in [2.45, 2.75) is 6.04 Å². The number of rotatable bonds is 10. The van der Waals surface area contributed by atoms with E-state index in [1.54, 1.807) is 48.5 Å². The molecule has 0 amide bonds. The van der Waals surface area contributed by atoms with E-state index in [0.29, 0.717) is 35.9 Å². The number of nitrogens with two attached hydrogens (primary N) is 1. The largest absolute Gasteiger partial charge is 0.435 e. The van der Waals surface area contributed by atoms with Gasteiger partial charge in [0.2, 0.25) is 28.5 Å². The van der Waals surface area contributed by atoms with Gasteiger partial charge in [-0.05, 0) is 29.8 Å². The smallest absolute Gasteiger partial charge is 0.228 e. The fourth-order valence-electron chi connectivity index (χ4n) is 3.47. The molecule has 2 aromatic heterocycles. The molecule has 186 valence electrons. The van der Waals surface area contributed by atoms with Crippen molar-refractivity contribution in [2.24, 2.45) is 5.73 Å². The Bertz CT molecular complexity index is 1410. The van der Waals surface area contributed by atoms with E-state index >= 15 is 8.78 Å². The average molecular weight is 513 g/mol. The lowest BCUT2D eigenvalue weighted by Gasteiger charge is -2.18. The molecule has 2 heterocycles. The summed E-state index contributed by atoms with van der Waals surface area (Å²) in [5.74, 6) is -2.64. The van der Waals surface area contributed by atoms with Gasteiger partial charge in [-0.2, -0.15) is 4.39 Å². The Morgan fingerprint density at radius 2 is 1.75 bits per heavy atom. The van der Waals surface area contributed by atoms with Crippen LogP contribution < -0.4 is 20.5 Å². The Morgan fingerprint density at radius 1 is 0.944 bits per heavy atom. The van der Waals surface area contributed by atoms with Crippen LogP contribution in [-0.4, -0.2) is 36.5 Å². The number of benzene rings is 2. The van der Waals surface area contributed by atoms with Gasteiger partial charge in [0.25, 0.3) is 0 Å². The first-order valence-electron chi connectivity index (χ1n) is 10.8. The lowest BCUT2D eigenvalue weighted by molar-refractivity contribution is 0.402. The molecule has 1 unspecified atom stereocenters. The molecule has 0 saturated carbocycles. The zero-order valence-electron chi connectivity index (χ0n) is 18.8. The van der Waals surface area contributed by atoms with E-state index in [1.165, 1.54) is 24.5 Å². The molecule has 0 aliphatic heterocycles. The molecule has 9 nitrogen and oxygen atoms in total. The third-order valence-electron chi connectivity index (χ3n) is 5.09. The number of thiol groups is 1. The van der Waals surface area contributed by atoms with Crippen LogP contribution in [0.3, 0.4) is 0 Å². The van der Waals surface area contributed by atoms with Gasteiger partial charge < -0.3 is 15.8 Å². The lowest BCUT2D eigenvalue weighted by atomic mass is 9.99. The standard InChI is InChI=1S/C24H22F2N6O3S/c25-20-17(22(32-36(33)34)15-5-2-1-3-6-15)8-9-19(21(20)26)35-23-16(7-4-12-28-23)18-10-13-29-24(31-18)30-14-11-27/h1-10,12-13,22,36H,11,14,27H2,(H,29,30,31)(H,32,33,34). The van der Waals surface area contributed by atoms with Crippen molar-refractivity contribution in [2.75, 3.05) is 18.4 Å². The van der Waals surface area contributed by atoms with Crippen molar-refractivity contribution in [1.82, 2.24) is 19.7 Å². The van der Waals surface area contributed by atoms with Gasteiger partial charge in [-0.15, -0.1) is 0 Å². The monoisotopic (exact) mass is 512 g/mol. The topological polar surface area (TPSA) is 132 Å². The highest BCUT2D eigenvalue weighted by atomic mass is 32.2. The second-order valence-corrected chi connectivity index (χ2v) is 8.22. The van der Waals surface area contributed by atoms with Crippen molar-refractivity contribution in [3.8, 4) is 22.9 Å². The molecule has 4 rings (SSSR count). The van der Waals surface area contributed by atoms with Gasteiger partial charge in [-0.1, -0.05) is 36.4 Å². The van der Waals surface area contributed by atoms with Gasteiger partial charge in [0.15, 0.2) is 11.6 Å². The number of ether oxygens (including phenoxy) is 1. The van der Waals surface area contributed by atoms with Gasteiger partial charge >= 0.3 is 0 Å². The van der Waals surface area contributed by atoms with Crippen LogP contribution >= 0.6 is 0 Å². The van der Waals surface area contributed by atoms with Gasteiger partial charge in [-0.25, -0.2) is 32.5 Å². The number of hydrogen-bond acceptors (Lipinski definition) is 8. The summed E-state index contributed by atoms with van der Waals surface area (Å²) in [5.41, 5.74) is 6.61. The number of anilines is 1. The summed E-state index contributed by atoms with van der Waals surface area (Å²) in [6.07, 6.45) is 2.97. The van der Waals surface area contributed by atoms with E-state index in [1.807, 2.05) is 0 Å². The van der Waals surface area contributed by atoms with Crippen LogP contribution in [0, 0.1) is 11.6 Å². The van der Waals surface area contributed by atoms with Crippen LogP contribution in [0.1, 0.15) is 17.2 Å². The third kappa shape index (κ3) is 5.79. The van der Waals surface area contributed by atoms with Crippen LogP contribution in [0.4, 0.5) is 14.7 Å². The molecule has 0 fully saturated rings. The van der Waals surface area contributed by atoms with E-state index in [2.05, 4.69) is 25.0 Å². The van der Waals surface area contributed by atoms with Crippen LogP contribution in [0.5, 0.6) is 11.6 Å². The van der Waals surface area contributed by atoms with Crippen LogP contribution in [0.25, 0.3) is 11.3 Å². The van der Waals surface area contributed by atoms with E-state index in [4.69, 9.17) is 10.5 Å². The van der Waals surface area contributed by atoms with Crippen molar-refractivity contribution in [3.05, 3.63) is 95.8 Å². The maximum atomic E-state index is 15.2. The summed E-state index contributed by atoms with van der Waals surface area (Å²) in [4.78, 5) is 12.7. The second-order valence-electron chi connectivity index (χ2n) is 7.45. The first-order chi connectivity index (χ1) is 17.5. The Labute approximate surface area is 207 Å². The molecule has 0 radical (unpaired) electrons. The summed E-state index contributed by atoms with van der Waals surface area (Å²) < 4.78 is 61.0. The van der Waals surface area contributed by atoms with Crippen LogP contribution in [-0.2, 0) is 10.9 Å². The minimum Gasteiger partial charge on any atom is -0.435 e. The predicted octanol–water partition coefficient (Wildman–Crippen LogP) is 3.19. The second kappa shape index (κ2) is 11.6. The maximum Gasteiger partial charge on any atom is 0.228 e. The quantitative estimate of drug-likeness (QED) is 0.238. The summed E-state index contributed by atoms with van der Waals surface area (Å²) in [6, 6.07) is 14.6. The zero-order chi connectivity index (χ0) is 25.5. The van der Waals surface area contributed by atoms with E-state index in [9.17, 15) is 8.42 Å². The molecule has 1 atom stereocenters. The zero-order valence-corrected chi connectivity index (χ0v) is 19.7. The molecule has 0 saturated heterocycles. The first kappa shape index (κ1) is 25.1. The molecule has 0 aliphatic carbocycles. The first-order valence-corrected chi connectivity index (χ1v) is 12.0. The normalized spacial score (nSPS) is 11.9. The van der Waals surface area contributed by atoms with Crippen molar-refractivity contribution >= 4 is 16.8 Å². The highest BCUT2D eigenvalue weighted by molar-refractivity contribution is 7.70. The number of pyridine rings is 1. The Balaban J connectivity index is 1.68. The predicted molar refractivity (Wildman–Crippen MR) is 131 cm³/mol. The fraction of sp³-hybridized carbons (Fsp3) is 0.125. The highest BCUT2D eigenvalue weighted by Gasteiger charge is 2.24. The van der Waals surface area contributed by atoms with Gasteiger partial charge in [0.1, 0.15) is 0 Å². The number of nitrogens with one attached hydrogen (secondary N) is 2. The Kier molecular flexibility index (Phi) is 8.10. The van der Waals surface area contributed by atoms with Crippen molar-refractivity contribution in [1.29, 1.82) is 0 Å². The third-order valence-corrected chi connectivity index (χ3v) is 5.56. The molecular formula is C24H22F2N6O3S. The van der Waals surface area contributed by atoms with Gasteiger partial charge in [-0.3, -0.25) is 0 Å². The number of hydrogen-bond donors (Lipinski definition) is 4. The number of aromatic nitrogens is 3. The molecule has 0 spiro atoms. The van der Waals surface area contributed by atoms with Gasteiger partial charge in [0.05, 0.1) is 17.3 Å². The van der Waals surface area contributed by atoms with Crippen LogP contribution in [0.2, 0.25) is 0 Å². The van der Waals surface area contributed by atoms with Crippen molar-refractivity contribution < 1.29 is 21.9 Å². The maximum absolute atomic E-state index is 15.2. The molecular weight excluding hydrogens is 490 g/mol. The van der Waals surface area contributed by atoms with Crippen molar-refractivity contribution in [3.63, 3.8) is 0 Å². The highest BCUT2D eigenvalue weighted by Crippen LogP contribution is 2.35. The number of halogens is 2. The molecule has 4 aromatic rings. The summed E-state index contributed by atoms with van der Waals surface area (Å²) in [5, 5.41) is 2.97. The Morgan fingerprint density at radius 3 is 2.50 bits per heavy atom. The van der Waals surface area contributed by atoms with E-state index in [0.717, 1.165) is 0 Å². The molecule has 4 N–H and O–H groups in total. The minimum absolute atomic E-state index is 0.00704. The number of nitrogens with zero attached hydrogens (tertiary/aromatic N) is 3. The lowest BCUT2D eigenvalue weighted by Crippen LogP contribution is -2.22. The molecule has 0 bridgehead atoms. The van der Waals surface area contributed by atoms with E-state index < -0.39 is 34.3 Å². The molecule has 12 heteroatoms. The van der Waals surface area contributed by atoms with Crippen LogP contribution in [0.15, 0.2) is 73.1 Å². The average Bonchev–Trinajstić information content (AvgIpc) is 2.90. The minimum atomic E-state index is -3.10. The Hall–Kier alpha value is -4.00. The SMILES string of the molecule is NCCNc1nccc(-c2cccnc2Oc2ccc(C(N[SH](=O)=O)c3ccccc3)c(F)c2F)n1. The summed E-state index contributed by atoms with van der Waals surface area (Å²) in [7, 11) is -3.10. The molecule has 36 heavy (non-hydrogen) atoms. The summed E-state index contributed by atoms with van der Waals surface area (Å²) in [6.45, 7) is 0.859. The van der Waals surface area contributed by atoms with E-state index in [-0.39, 0.29) is 11.4 Å². The fourth-order valence-corrected chi connectivity index (χ4v) is 3.97. The summed E-state index contributed by atoms with van der Waals surface area (Å²) >= 11 is 0.